The third-order valence-corrected chi connectivity index (χ3v) is 3.51. The van der Waals surface area contributed by atoms with Crippen molar-refractivity contribution in [1.29, 1.82) is 0 Å². The van der Waals surface area contributed by atoms with Crippen LogP contribution in [0.3, 0.4) is 0 Å². The zero-order valence-electron chi connectivity index (χ0n) is 10.6. The number of halogens is 1. The molecular weight excluding hydrogens is 217 g/mol. The van der Waals surface area contributed by atoms with Crippen molar-refractivity contribution in [2.75, 3.05) is 13.7 Å². The molecule has 2 rings (SSSR count). The van der Waals surface area contributed by atoms with E-state index in [2.05, 4.69) is 5.32 Å². The number of hydrogen-bond donors (Lipinski definition) is 1. The molecule has 1 aliphatic heterocycles. The van der Waals surface area contributed by atoms with E-state index < -0.39 is 0 Å². The Morgan fingerprint density at radius 1 is 1.41 bits per heavy atom. The van der Waals surface area contributed by atoms with Crippen molar-refractivity contribution in [3.05, 3.63) is 29.1 Å². The number of benzene rings is 1. The van der Waals surface area contributed by atoms with Gasteiger partial charge in [-0.25, -0.2) is 4.39 Å². The van der Waals surface area contributed by atoms with Crippen LogP contribution < -0.4 is 10.1 Å². The molecule has 2 nitrogen and oxygen atoms in total. The molecule has 3 heteroatoms. The van der Waals surface area contributed by atoms with E-state index in [1.807, 2.05) is 13.0 Å². The third-order valence-electron chi connectivity index (χ3n) is 3.51. The summed E-state index contributed by atoms with van der Waals surface area (Å²) >= 11 is 0. The van der Waals surface area contributed by atoms with Gasteiger partial charge in [0.05, 0.1) is 7.11 Å². The van der Waals surface area contributed by atoms with E-state index >= 15 is 0 Å². The fourth-order valence-corrected chi connectivity index (χ4v) is 2.52. The predicted octanol–water partition coefficient (Wildman–Crippen LogP) is 2.83. The normalized spacial score (nSPS) is 20.3. The van der Waals surface area contributed by atoms with Crippen LogP contribution in [0.4, 0.5) is 4.39 Å². The molecule has 1 aliphatic rings. The van der Waals surface area contributed by atoms with Gasteiger partial charge in [0.15, 0.2) is 11.6 Å². The number of hydrogen-bond acceptors (Lipinski definition) is 2. The van der Waals surface area contributed by atoms with Crippen LogP contribution in [0.5, 0.6) is 5.75 Å². The molecule has 1 atom stereocenters. The maximum atomic E-state index is 13.6. The van der Waals surface area contributed by atoms with Gasteiger partial charge in [-0.1, -0.05) is 12.5 Å². The fourth-order valence-electron chi connectivity index (χ4n) is 2.52. The summed E-state index contributed by atoms with van der Waals surface area (Å²) in [6, 6.07) is 3.76. The van der Waals surface area contributed by atoms with E-state index in [1.165, 1.54) is 32.4 Å². The van der Waals surface area contributed by atoms with Crippen LogP contribution in [0.25, 0.3) is 0 Å². The molecule has 1 fully saturated rings. The van der Waals surface area contributed by atoms with Crippen molar-refractivity contribution in [2.45, 2.75) is 38.6 Å². The van der Waals surface area contributed by atoms with E-state index in [4.69, 9.17) is 4.74 Å². The molecule has 0 aliphatic carbocycles. The predicted molar refractivity (Wildman–Crippen MR) is 67.0 cm³/mol. The van der Waals surface area contributed by atoms with Gasteiger partial charge in [0.25, 0.3) is 0 Å². The quantitative estimate of drug-likeness (QED) is 0.872. The SMILES string of the molecule is COc1c(F)ccc(C)c1CC1CCCCN1. The molecule has 0 radical (unpaired) electrons. The van der Waals surface area contributed by atoms with Crippen molar-refractivity contribution < 1.29 is 9.13 Å². The van der Waals surface area contributed by atoms with Gasteiger partial charge >= 0.3 is 0 Å². The number of piperidine rings is 1. The Hall–Kier alpha value is -1.09. The van der Waals surface area contributed by atoms with Gasteiger partial charge in [0, 0.05) is 11.6 Å². The second kappa shape index (κ2) is 5.50. The summed E-state index contributed by atoms with van der Waals surface area (Å²) in [5, 5.41) is 3.49. The van der Waals surface area contributed by atoms with Crippen LogP contribution in [0.2, 0.25) is 0 Å². The van der Waals surface area contributed by atoms with E-state index in [0.717, 1.165) is 24.1 Å². The molecule has 0 spiro atoms. The first-order chi connectivity index (χ1) is 8.22. The van der Waals surface area contributed by atoms with Crippen molar-refractivity contribution in [2.24, 2.45) is 0 Å². The highest BCUT2D eigenvalue weighted by atomic mass is 19.1. The zero-order chi connectivity index (χ0) is 12.3. The summed E-state index contributed by atoms with van der Waals surface area (Å²) in [5.41, 5.74) is 2.11. The molecule has 1 aromatic rings. The molecule has 1 heterocycles. The van der Waals surface area contributed by atoms with Crippen LogP contribution in [0, 0.1) is 12.7 Å². The molecule has 1 aromatic carbocycles. The molecule has 0 amide bonds. The summed E-state index contributed by atoms with van der Waals surface area (Å²) in [6.45, 7) is 3.08. The first kappa shape index (κ1) is 12.4. The van der Waals surface area contributed by atoms with E-state index in [9.17, 15) is 4.39 Å². The van der Waals surface area contributed by atoms with Crippen LogP contribution in [0.1, 0.15) is 30.4 Å². The maximum absolute atomic E-state index is 13.6. The van der Waals surface area contributed by atoms with Crippen LogP contribution in [-0.2, 0) is 6.42 Å². The molecule has 1 N–H and O–H groups in total. The van der Waals surface area contributed by atoms with Crippen LogP contribution in [-0.4, -0.2) is 19.7 Å². The van der Waals surface area contributed by atoms with Gasteiger partial charge in [0.2, 0.25) is 0 Å². The lowest BCUT2D eigenvalue weighted by Gasteiger charge is -2.25. The van der Waals surface area contributed by atoms with E-state index in [1.54, 1.807) is 0 Å². The Balaban J connectivity index is 2.21. The summed E-state index contributed by atoms with van der Waals surface area (Å²) in [4.78, 5) is 0. The minimum Gasteiger partial charge on any atom is -0.493 e. The van der Waals surface area contributed by atoms with Crippen LogP contribution >= 0.6 is 0 Å². The molecule has 0 bridgehead atoms. The van der Waals surface area contributed by atoms with Gasteiger partial charge in [-0.15, -0.1) is 0 Å². The van der Waals surface area contributed by atoms with Crippen LogP contribution in [0.15, 0.2) is 12.1 Å². The number of methoxy groups -OCH3 is 1. The first-order valence-electron chi connectivity index (χ1n) is 6.27. The van der Waals surface area contributed by atoms with E-state index in [0.29, 0.717) is 11.8 Å². The van der Waals surface area contributed by atoms with Gasteiger partial charge in [-0.3, -0.25) is 0 Å². The fraction of sp³-hybridized carbons (Fsp3) is 0.571. The first-order valence-corrected chi connectivity index (χ1v) is 6.27. The maximum Gasteiger partial charge on any atom is 0.165 e. The average molecular weight is 237 g/mol. The summed E-state index contributed by atoms with van der Waals surface area (Å²) < 4.78 is 18.8. The zero-order valence-corrected chi connectivity index (χ0v) is 10.6. The minimum atomic E-state index is -0.260. The summed E-state index contributed by atoms with van der Waals surface area (Å²) in [7, 11) is 1.54. The molecule has 94 valence electrons. The highest BCUT2D eigenvalue weighted by Gasteiger charge is 2.18. The molecule has 0 saturated carbocycles. The second-order valence-electron chi connectivity index (χ2n) is 4.73. The number of rotatable bonds is 3. The smallest absolute Gasteiger partial charge is 0.165 e. The largest absolute Gasteiger partial charge is 0.493 e. The lowest BCUT2D eigenvalue weighted by Crippen LogP contribution is -2.35. The van der Waals surface area contributed by atoms with Crippen molar-refractivity contribution in [1.82, 2.24) is 5.32 Å². The summed E-state index contributed by atoms with van der Waals surface area (Å²) in [5.74, 6) is 0.154. The number of ether oxygens (including phenoxy) is 1. The van der Waals surface area contributed by atoms with Gasteiger partial charge < -0.3 is 10.1 Å². The Labute approximate surface area is 102 Å². The molecule has 17 heavy (non-hydrogen) atoms. The topological polar surface area (TPSA) is 21.3 Å². The Morgan fingerprint density at radius 2 is 2.24 bits per heavy atom. The molecular formula is C14H20FNO. The Bertz CT molecular complexity index is 386. The molecule has 0 aromatic heterocycles. The second-order valence-corrected chi connectivity index (χ2v) is 4.73. The van der Waals surface area contributed by atoms with Gasteiger partial charge in [0.1, 0.15) is 0 Å². The highest BCUT2D eigenvalue weighted by Crippen LogP contribution is 2.28. The lowest BCUT2D eigenvalue weighted by atomic mass is 9.94. The Morgan fingerprint density at radius 3 is 2.88 bits per heavy atom. The summed E-state index contributed by atoms with van der Waals surface area (Å²) in [6.07, 6.45) is 4.52. The monoisotopic (exact) mass is 237 g/mol. The van der Waals surface area contributed by atoms with Crippen molar-refractivity contribution >= 4 is 0 Å². The number of aryl methyl sites for hydroxylation is 1. The molecule has 1 saturated heterocycles. The standard InChI is InChI=1S/C14H20FNO/c1-10-6-7-13(15)14(17-2)12(10)9-11-5-3-4-8-16-11/h6-7,11,16H,3-5,8-9H2,1-2H3. The number of nitrogens with one attached hydrogen (secondary N) is 1. The van der Waals surface area contributed by atoms with Gasteiger partial charge in [-0.2, -0.15) is 0 Å². The van der Waals surface area contributed by atoms with Crippen molar-refractivity contribution in [3.8, 4) is 5.75 Å². The average Bonchev–Trinajstić information content (AvgIpc) is 2.35. The highest BCUT2D eigenvalue weighted by molar-refractivity contribution is 5.41. The Kier molecular flexibility index (Phi) is 4.00. The van der Waals surface area contributed by atoms with Gasteiger partial charge in [-0.05, 0) is 44.4 Å². The molecule has 1 unspecified atom stereocenters. The minimum absolute atomic E-state index is 0.260. The van der Waals surface area contributed by atoms with E-state index in [-0.39, 0.29) is 5.82 Å². The lowest BCUT2D eigenvalue weighted by molar-refractivity contribution is 0.365. The third kappa shape index (κ3) is 2.78. The van der Waals surface area contributed by atoms with Crippen molar-refractivity contribution in [3.63, 3.8) is 0 Å².